The highest BCUT2D eigenvalue weighted by molar-refractivity contribution is 6.45. The topological polar surface area (TPSA) is 61.5 Å². The Labute approximate surface area is 85.3 Å². The zero-order valence-electron chi connectivity index (χ0n) is 9.29. The van der Waals surface area contributed by atoms with Crippen LogP contribution in [-0.4, -0.2) is 24.2 Å². The van der Waals surface area contributed by atoms with E-state index in [-0.39, 0.29) is 24.2 Å². The molecule has 14 heavy (non-hydrogen) atoms. The van der Waals surface area contributed by atoms with Gasteiger partial charge >= 0.3 is 7.12 Å². The van der Waals surface area contributed by atoms with E-state index < -0.39 is 0 Å². The van der Waals surface area contributed by atoms with E-state index in [2.05, 4.69) is 0 Å². The van der Waals surface area contributed by atoms with Crippen LogP contribution >= 0.6 is 0 Å². The third-order valence-electron chi connectivity index (χ3n) is 2.93. The average Bonchev–Trinajstić information content (AvgIpc) is 2.17. The van der Waals surface area contributed by atoms with Gasteiger partial charge in [-0.2, -0.15) is 0 Å². The van der Waals surface area contributed by atoms with Crippen molar-refractivity contribution >= 4 is 13.0 Å². The van der Waals surface area contributed by atoms with Crippen LogP contribution in [0, 0.1) is 0 Å². The summed E-state index contributed by atoms with van der Waals surface area (Å²) < 4.78 is 11.4. The minimum atomic E-state index is -0.324. The van der Waals surface area contributed by atoms with Gasteiger partial charge < -0.3 is 15.0 Å². The van der Waals surface area contributed by atoms with Crippen LogP contribution in [0.25, 0.3) is 0 Å². The lowest BCUT2D eigenvalue weighted by molar-refractivity contribution is -0.117. The quantitative estimate of drug-likeness (QED) is 0.688. The van der Waals surface area contributed by atoms with Crippen molar-refractivity contribution in [3.63, 3.8) is 0 Å². The molecule has 80 valence electrons. The van der Waals surface area contributed by atoms with E-state index in [1.54, 1.807) is 0 Å². The summed E-state index contributed by atoms with van der Waals surface area (Å²) in [7, 11) is -0.313. The Kier molecular flexibility index (Phi) is 2.92. The molecular formula is C9H18BNO3. The van der Waals surface area contributed by atoms with Gasteiger partial charge in [0.1, 0.15) is 0 Å². The van der Waals surface area contributed by atoms with Gasteiger partial charge in [-0.15, -0.1) is 0 Å². The van der Waals surface area contributed by atoms with Gasteiger partial charge in [0.2, 0.25) is 5.91 Å². The standard InChI is InChI=1S/C9H18BNO3/c1-8(2)9(3,4)14-10(13-8)6-5-7(11)12/h5-6H2,1-4H3,(H2,11,12). The molecule has 1 amide bonds. The molecule has 0 unspecified atom stereocenters. The summed E-state index contributed by atoms with van der Waals surface area (Å²) in [5.41, 5.74) is 4.41. The number of primary amides is 1. The molecule has 4 nitrogen and oxygen atoms in total. The molecule has 0 aromatic heterocycles. The second-order valence-electron chi connectivity index (χ2n) is 4.69. The summed E-state index contributed by atoms with van der Waals surface area (Å²) in [6.45, 7) is 7.93. The molecule has 0 saturated carbocycles. The summed E-state index contributed by atoms with van der Waals surface area (Å²) in [5.74, 6) is -0.320. The maximum Gasteiger partial charge on any atom is 0.458 e. The molecular weight excluding hydrogens is 181 g/mol. The summed E-state index contributed by atoms with van der Waals surface area (Å²) >= 11 is 0. The van der Waals surface area contributed by atoms with Gasteiger partial charge in [-0.3, -0.25) is 4.79 Å². The van der Waals surface area contributed by atoms with E-state index in [0.29, 0.717) is 12.7 Å². The Morgan fingerprint density at radius 2 is 1.64 bits per heavy atom. The maximum absolute atomic E-state index is 10.6. The molecule has 1 fully saturated rings. The zero-order valence-corrected chi connectivity index (χ0v) is 9.29. The van der Waals surface area contributed by atoms with Crippen LogP contribution < -0.4 is 5.73 Å². The Morgan fingerprint density at radius 3 is 2.00 bits per heavy atom. The number of carbonyl (C=O) groups is 1. The number of hydrogen-bond donors (Lipinski definition) is 1. The van der Waals surface area contributed by atoms with Crippen LogP contribution in [-0.2, 0) is 14.1 Å². The first kappa shape index (κ1) is 11.5. The van der Waals surface area contributed by atoms with Gasteiger partial charge in [0.25, 0.3) is 0 Å². The van der Waals surface area contributed by atoms with E-state index in [1.807, 2.05) is 27.7 Å². The smallest absolute Gasteiger partial charge is 0.403 e. The predicted molar refractivity (Wildman–Crippen MR) is 54.7 cm³/mol. The van der Waals surface area contributed by atoms with Crippen molar-refractivity contribution in [1.82, 2.24) is 0 Å². The molecule has 0 aromatic carbocycles. The zero-order chi connectivity index (χ0) is 11.0. The van der Waals surface area contributed by atoms with Crippen molar-refractivity contribution in [2.45, 2.75) is 51.6 Å². The molecule has 1 aliphatic rings. The predicted octanol–water partition coefficient (Wildman–Crippen LogP) is 0.954. The first-order valence-corrected chi connectivity index (χ1v) is 4.88. The molecule has 0 radical (unpaired) electrons. The molecule has 0 spiro atoms. The van der Waals surface area contributed by atoms with E-state index in [4.69, 9.17) is 15.0 Å². The molecule has 1 heterocycles. The molecule has 0 atom stereocenters. The number of nitrogens with two attached hydrogens (primary N) is 1. The lowest BCUT2D eigenvalue weighted by atomic mass is 9.83. The Balaban J connectivity index is 2.51. The van der Waals surface area contributed by atoms with Crippen molar-refractivity contribution in [2.75, 3.05) is 0 Å². The Bertz CT molecular complexity index is 224. The van der Waals surface area contributed by atoms with Gasteiger partial charge in [0, 0.05) is 6.42 Å². The summed E-state index contributed by atoms with van der Waals surface area (Å²) in [4.78, 5) is 10.6. The maximum atomic E-state index is 10.6. The van der Waals surface area contributed by atoms with E-state index >= 15 is 0 Å². The fourth-order valence-electron chi connectivity index (χ4n) is 1.34. The van der Waals surface area contributed by atoms with Gasteiger partial charge in [0.05, 0.1) is 11.2 Å². The molecule has 1 saturated heterocycles. The van der Waals surface area contributed by atoms with Gasteiger partial charge in [-0.25, -0.2) is 0 Å². The molecule has 0 bridgehead atoms. The largest absolute Gasteiger partial charge is 0.458 e. The molecule has 0 aromatic rings. The highest BCUT2D eigenvalue weighted by Gasteiger charge is 2.50. The van der Waals surface area contributed by atoms with Gasteiger partial charge in [0.15, 0.2) is 0 Å². The van der Waals surface area contributed by atoms with Crippen LogP contribution in [0.4, 0.5) is 0 Å². The van der Waals surface area contributed by atoms with Crippen molar-refractivity contribution in [1.29, 1.82) is 0 Å². The molecule has 1 rings (SSSR count). The van der Waals surface area contributed by atoms with Crippen LogP contribution in [0.2, 0.25) is 6.32 Å². The second-order valence-corrected chi connectivity index (χ2v) is 4.69. The third kappa shape index (κ3) is 2.28. The number of carbonyl (C=O) groups excluding carboxylic acids is 1. The number of hydrogen-bond acceptors (Lipinski definition) is 3. The van der Waals surface area contributed by atoms with Crippen molar-refractivity contribution in [3.05, 3.63) is 0 Å². The number of amides is 1. The average molecular weight is 199 g/mol. The van der Waals surface area contributed by atoms with Crippen LogP contribution in [0.1, 0.15) is 34.1 Å². The minimum Gasteiger partial charge on any atom is -0.403 e. The SMILES string of the molecule is CC1(C)OB(CCC(N)=O)OC1(C)C. The third-order valence-corrected chi connectivity index (χ3v) is 2.93. The van der Waals surface area contributed by atoms with E-state index in [9.17, 15) is 4.79 Å². The normalized spacial score (nSPS) is 23.9. The summed E-state index contributed by atoms with van der Waals surface area (Å²) in [5, 5.41) is 0. The van der Waals surface area contributed by atoms with Crippen molar-refractivity contribution in [3.8, 4) is 0 Å². The van der Waals surface area contributed by atoms with E-state index in [1.165, 1.54) is 0 Å². The summed E-state index contributed by atoms with van der Waals surface area (Å²) in [6.07, 6.45) is 0.832. The summed E-state index contributed by atoms with van der Waals surface area (Å²) in [6, 6.07) is 0. The van der Waals surface area contributed by atoms with Crippen molar-refractivity contribution in [2.24, 2.45) is 5.73 Å². The fourth-order valence-corrected chi connectivity index (χ4v) is 1.34. The Morgan fingerprint density at radius 1 is 1.21 bits per heavy atom. The molecule has 1 aliphatic heterocycles. The minimum absolute atomic E-state index is 0.302. The highest BCUT2D eigenvalue weighted by atomic mass is 16.7. The van der Waals surface area contributed by atoms with E-state index in [0.717, 1.165) is 0 Å². The van der Waals surface area contributed by atoms with Gasteiger partial charge in [-0.1, -0.05) is 0 Å². The first-order chi connectivity index (χ1) is 6.24. The lowest BCUT2D eigenvalue weighted by Crippen LogP contribution is -2.41. The Hall–Kier alpha value is -0.545. The lowest BCUT2D eigenvalue weighted by Gasteiger charge is -2.32. The number of rotatable bonds is 3. The first-order valence-electron chi connectivity index (χ1n) is 4.88. The molecule has 2 N–H and O–H groups in total. The van der Waals surface area contributed by atoms with Gasteiger partial charge in [-0.05, 0) is 34.0 Å². The van der Waals surface area contributed by atoms with Crippen LogP contribution in [0.3, 0.4) is 0 Å². The second kappa shape index (κ2) is 3.55. The van der Waals surface area contributed by atoms with Crippen LogP contribution in [0.15, 0.2) is 0 Å². The molecule has 5 heteroatoms. The monoisotopic (exact) mass is 199 g/mol. The highest BCUT2D eigenvalue weighted by Crippen LogP contribution is 2.37. The van der Waals surface area contributed by atoms with Crippen LogP contribution in [0.5, 0.6) is 0 Å². The van der Waals surface area contributed by atoms with Crippen molar-refractivity contribution < 1.29 is 14.1 Å². The molecule has 0 aliphatic carbocycles. The fraction of sp³-hybridized carbons (Fsp3) is 0.889.